The van der Waals surface area contributed by atoms with Crippen LogP contribution in [0.4, 0.5) is 5.69 Å². The third-order valence-corrected chi connectivity index (χ3v) is 4.38. The summed E-state index contributed by atoms with van der Waals surface area (Å²) in [5.41, 5.74) is 4.02. The molecule has 0 aromatic heterocycles. The second-order valence-corrected chi connectivity index (χ2v) is 6.75. The summed E-state index contributed by atoms with van der Waals surface area (Å²) in [6.07, 6.45) is 2.46. The molecule has 5 nitrogen and oxygen atoms in total. The van der Waals surface area contributed by atoms with Gasteiger partial charge in [0.2, 0.25) is 0 Å². The van der Waals surface area contributed by atoms with Gasteiger partial charge in [-0.15, -0.1) is 0 Å². The average Bonchev–Trinajstić information content (AvgIpc) is 2.90. The first kappa shape index (κ1) is 17.5. The Morgan fingerprint density at radius 1 is 1.12 bits per heavy atom. The fraction of sp³-hybridized carbons (Fsp3) is 0.158. The van der Waals surface area contributed by atoms with E-state index in [0.717, 1.165) is 9.99 Å². The molecular weight excluding hydrogens is 431 g/mol. The second kappa shape index (κ2) is 7.69. The lowest BCUT2D eigenvalue weighted by atomic mass is 10.1. The topological polar surface area (TPSA) is 58.6 Å². The van der Waals surface area contributed by atoms with Crippen molar-refractivity contribution in [2.24, 2.45) is 0 Å². The quantitative estimate of drug-likeness (QED) is 0.433. The molecule has 0 unspecified atom stereocenters. The number of amides is 2. The fourth-order valence-electron chi connectivity index (χ4n) is 2.43. The number of ether oxygens (including phenoxy) is 1. The molecule has 128 valence electrons. The number of anilines is 1. The van der Waals surface area contributed by atoms with Crippen molar-refractivity contribution in [3.8, 4) is 5.75 Å². The summed E-state index contributed by atoms with van der Waals surface area (Å²) in [7, 11) is 0. The lowest BCUT2D eigenvalue weighted by molar-refractivity contribution is -0.117. The highest BCUT2D eigenvalue weighted by molar-refractivity contribution is 14.1. The minimum Gasteiger partial charge on any atom is -0.493 e. The van der Waals surface area contributed by atoms with Gasteiger partial charge in [0.1, 0.15) is 11.3 Å². The van der Waals surface area contributed by atoms with Crippen LogP contribution >= 0.6 is 22.6 Å². The maximum atomic E-state index is 12.7. The lowest BCUT2D eigenvalue weighted by Crippen LogP contribution is -2.35. The molecule has 1 heterocycles. The van der Waals surface area contributed by atoms with Crippen molar-refractivity contribution in [1.82, 2.24) is 5.43 Å². The molecule has 6 heteroatoms. The van der Waals surface area contributed by atoms with E-state index in [1.165, 1.54) is 5.01 Å². The molecule has 0 saturated carbocycles. The van der Waals surface area contributed by atoms with Crippen LogP contribution in [0.5, 0.6) is 5.75 Å². The van der Waals surface area contributed by atoms with Crippen LogP contribution in [-0.4, -0.2) is 18.4 Å². The van der Waals surface area contributed by atoms with Crippen LogP contribution < -0.4 is 15.2 Å². The van der Waals surface area contributed by atoms with Gasteiger partial charge in [0.25, 0.3) is 11.8 Å². The number of hydrogen-bond donors (Lipinski definition) is 1. The summed E-state index contributed by atoms with van der Waals surface area (Å²) >= 11 is 2.19. The number of para-hydroxylation sites is 1. The average molecular weight is 448 g/mol. The summed E-state index contributed by atoms with van der Waals surface area (Å²) in [5, 5.41) is 1.26. The molecule has 0 atom stereocenters. The molecule has 2 amide bonds. The molecule has 0 aliphatic carbocycles. The smallest absolute Gasteiger partial charge is 0.282 e. The zero-order chi connectivity index (χ0) is 17.8. The number of nitrogens with one attached hydrogen (secondary N) is 1. The summed E-state index contributed by atoms with van der Waals surface area (Å²) in [4.78, 5) is 24.9. The van der Waals surface area contributed by atoms with Crippen molar-refractivity contribution in [1.29, 1.82) is 0 Å². The first-order chi connectivity index (χ1) is 12.1. The van der Waals surface area contributed by atoms with Crippen molar-refractivity contribution >= 4 is 46.2 Å². The molecule has 0 bridgehead atoms. The highest BCUT2D eigenvalue weighted by Crippen LogP contribution is 2.25. The summed E-state index contributed by atoms with van der Waals surface area (Å²) in [6, 6.07) is 14.7. The molecule has 1 N–H and O–H groups in total. The Hall–Kier alpha value is -2.35. The zero-order valence-electron chi connectivity index (χ0n) is 13.7. The molecule has 2 aromatic rings. The van der Waals surface area contributed by atoms with Crippen LogP contribution in [0.3, 0.4) is 0 Å². The molecule has 0 spiro atoms. The van der Waals surface area contributed by atoms with Gasteiger partial charge in [0.15, 0.2) is 0 Å². The van der Waals surface area contributed by atoms with Crippen molar-refractivity contribution < 1.29 is 14.3 Å². The first-order valence-corrected chi connectivity index (χ1v) is 9.02. The van der Waals surface area contributed by atoms with Crippen molar-refractivity contribution in [2.45, 2.75) is 13.3 Å². The van der Waals surface area contributed by atoms with Crippen LogP contribution in [0.15, 0.2) is 54.1 Å². The predicted octanol–water partition coefficient (Wildman–Crippen LogP) is 3.54. The van der Waals surface area contributed by atoms with Gasteiger partial charge in [-0.1, -0.05) is 25.1 Å². The second-order valence-electron chi connectivity index (χ2n) is 5.50. The Kier molecular flexibility index (Phi) is 5.37. The van der Waals surface area contributed by atoms with Gasteiger partial charge in [-0.05, 0) is 65.4 Å². The fourth-order valence-corrected chi connectivity index (χ4v) is 2.79. The number of hydrazine groups is 1. The van der Waals surface area contributed by atoms with E-state index in [1.807, 2.05) is 43.3 Å². The van der Waals surface area contributed by atoms with Gasteiger partial charge < -0.3 is 4.74 Å². The molecule has 2 aromatic carbocycles. The van der Waals surface area contributed by atoms with E-state index < -0.39 is 5.91 Å². The minimum absolute atomic E-state index is 0.0890. The zero-order valence-corrected chi connectivity index (χ0v) is 15.8. The Labute approximate surface area is 159 Å². The van der Waals surface area contributed by atoms with Crippen LogP contribution in [0, 0.1) is 3.57 Å². The number of halogens is 1. The number of carbonyl (C=O) groups is 2. The monoisotopic (exact) mass is 448 g/mol. The Balaban J connectivity index is 1.90. The number of benzene rings is 2. The Morgan fingerprint density at radius 2 is 1.84 bits per heavy atom. The van der Waals surface area contributed by atoms with Gasteiger partial charge in [-0.25, -0.2) is 5.01 Å². The first-order valence-electron chi connectivity index (χ1n) is 7.94. The Bertz CT molecular complexity index is 831. The van der Waals surface area contributed by atoms with Gasteiger partial charge in [0.05, 0.1) is 12.3 Å². The number of rotatable bonds is 5. The van der Waals surface area contributed by atoms with Gasteiger partial charge >= 0.3 is 0 Å². The number of carbonyl (C=O) groups excluding carboxylic acids is 2. The van der Waals surface area contributed by atoms with Crippen molar-refractivity contribution in [3.63, 3.8) is 0 Å². The standard InChI is InChI=1S/C19H17IN2O3/c1-2-11-25-17-6-4-3-5-13(17)12-16-18(23)21-22(19(16)24)15-9-7-14(20)8-10-15/h3-10,12H,2,11H2,1H3,(H,21,23). The van der Waals surface area contributed by atoms with Gasteiger partial charge in [-0.3, -0.25) is 15.0 Å². The van der Waals surface area contributed by atoms with Gasteiger partial charge in [-0.2, -0.15) is 0 Å². The van der Waals surface area contributed by atoms with Crippen LogP contribution in [-0.2, 0) is 9.59 Å². The Morgan fingerprint density at radius 3 is 2.56 bits per heavy atom. The largest absolute Gasteiger partial charge is 0.493 e. The molecule has 1 saturated heterocycles. The van der Waals surface area contributed by atoms with Crippen LogP contribution in [0.25, 0.3) is 6.08 Å². The third-order valence-electron chi connectivity index (χ3n) is 3.66. The van der Waals surface area contributed by atoms with E-state index in [-0.39, 0.29) is 11.5 Å². The van der Waals surface area contributed by atoms with E-state index in [2.05, 4.69) is 28.0 Å². The van der Waals surface area contributed by atoms with E-state index in [1.54, 1.807) is 18.2 Å². The van der Waals surface area contributed by atoms with Crippen LogP contribution in [0.2, 0.25) is 0 Å². The number of nitrogens with zero attached hydrogens (tertiary/aromatic N) is 1. The SMILES string of the molecule is CCCOc1ccccc1C=C1C(=O)NN(c2ccc(I)cc2)C1=O. The summed E-state index contributed by atoms with van der Waals surface area (Å²) in [5.74, 6) is -0.143. The normalized spacial score (nSPS) is 15.6. The van der Waals surface area contributed by atoms with E-state index in [4.69, 9.17) is 4.74 Å². The van der Waals surface area contributed by atoms with Gasteiger partial charge in [0, 0.05) is 9.13 Å². The third kappa shape index (κ3) is 3.84. The predicted molar refractivity (Wildman–Crippen MR) is 105 cm³/mol. The minimum atomic E-state index is -0.422. The van der Waals surface area contributed by atoms with E-state index in [9.17, 15) is 9.59 Å². The lowest BCUT2D eigenvalue weighted by Gasteiger charge is -2.14. The molecule has 1 aliphatic rings. The summed E-state index contributed by atoms with van der Waals surface area (Å²) < 4.78 is 6.74. The van der Waals surface area contributed by atoms with E-state index in [0.29, 0.717) is 23.6 Å². The van der Waals surface area contributed by atoms with Crippen molar-refractivity contribution in [2.75, 3.05) is 11.6 Å². The molecule has 3 rings (SSSR count). The molecule has 25 heavy (non-hydrogen) atoms. The molecule has 0 radical (unpaired) electrons. The highest BCUT2D eigenvalue weighted by atomic mass is 127. The summed E-state index contributed by atoms with van der Waals surface area (Å²) in [6.45, 7) is 2.60. The van der Waals surface area contributed by atoms with Crippen LogP contribution in [0.1, 0.15) is 18.9 Å². The molecule has 1 fully saturated rings. The molecular formula is C19H17IN2O3. The maximum Gasteiger partial charge on any atom is 0.282 e. The highest BCUT2D eigenvalue weighted by Gasteiger charge is 2.34. The van der Waals surface area contributed by atoms with Crippen molar-refractivity contribution in [3.05, 3.63) is 63.2 Å². The van der Waals surface area contributed by atoms with E-state index >= 15 is 0 Å². The number of hydrogen-bond acceptors (Lipinski definition) is 3. The molecule has 1 aliphatic heterocycles. The maximum absolute atomic E-state index is 12.7.